The molecule has 12 heteroatoms. The first-order valence-electron chi connectivity index (χ1n) is 10.7. The molecule has 3 aromatic carbocycles. The van der Waals surface area contributed by atoms with Crippen molar-refractivity contribution in [3.05, 3.63) is 69.8 Å². The molecule has 3 aromatic rings. The molecule has 0 aromatic heterocycles. The van der Waals surface area contributed by atoms with E-state index in [4.69, 9.17) is 23.7 Å². The van der Waals surface area contributed by atoms with Gasteiger partial charge in [-0.25, -0.2) is 8.42 Å². The molecule has 37 heavy (non-hydrogen) atoms. The van der Waals surface area contributed by atoms with Crippen LogP contribution in [-0.4, -0.2) is 48.9 Å². The van der Waals surface area contributed by atoms with Gasteiger partial charge in [-0.2, -0.15) is 0 Å². The molecule has 0 radical (unpaired) electrons. The SMILES string of the molecule is COc1ccc(/C=C\c2cc(OC)c(OC)c(OC)c2)cc1NS(=O)(=O)c1ccc(OC)c([N+](=O)[O-])c1. The Morgan fingerprint density at radius 3 is 1.84 bits per heavy atom. The highest BCUT2D eigenvalue weighted by atomic mass is 32.2. The van der Waals surface area contributed by atoms with Crippen molar-refractivity contribution in [1.29, 1.82) is 0 Å². The number of rotatable bonds is 11. The van der Waals surface area contributed by atoms with Crippen LogP contribution in [0.1, 0.15) is 11.1 Å². The van der Waals surface area contributed by atoms with E-state index in [1.165, 1.54) is 47.7 Å². The third-order valence-corrected chi connectivity index (χ3v) is 6.64. The zero-order valence-corrected chi connectivity index (χ0v) is 21.6. The van der Waals surface area contributed by atoms with Gasteiger partial charge >= 0.3 is 5.69 Å². The lowest BCUT2D eigenvalue weighted by Crippen LogP contribution is -2.14. The molecule has 0 fully saturated rings. The van der Waals surface area contributed by atoms with Gasteiger partial charge in [0.25, 0.3) is 10.0 Å². The van der Waals surface area contributed by atoms with Crippen LogP contribution in [0, 0.1) is 10.1 Å². The monoisotopic (exact) mass is 530 g/mol. The van der Waals surface area contributed by atoms with Crippen LogP contribution < -0.4 is 28.4 Å². The second kappa shape index (κ2) is 11.5. The van der Waals surface area contributed by atoms with Crippen molar-refractivity contribution in [2.24, 2.45) is 0 Å². The van der Waals surface area contributed by atoms with Gasteiger partial charge in [0.15, 0.2) is 17.2 Å². The summed E-state index contributed by atoms with van der Waals surface area (Å²) in [6.07, 6.45) is 3.55. The second-order valence-electron chi connectivity index (χ2n) is 7.45. The minimum atomic E-state index is -4.20. The van der Waals surface area contributed by atoms with Crippen molar-refractivity contribution in [1.82, 2.24) is 0 Å². The summed E-state index contributed by atoms with van der Waals surface area (Å²) in [5.41, 5.74) is 1.07. The highest BCUT2D eigenvalue weighted by Crippen LogP contribution is 2.39. The predicted molar refractivity (Wildman–Crippen MR) is 138 cm³/mol. The number of nitro benzene ring substituents is 1. The number of nitrogens with zero attached hydrogens (tertiary/aromatic N) is 1. The molecule has 0 aliphatic rings. The molecule has 196 valence electrons. The van der Waals surface area contributed by atoms with Gasteiger partial charge in [0.1, 0.15) is 5.75 Å². The van der Waals surface area contributed by atoms with E-state index in [1.54, 1.807) is 42.5 Å². The molecule has 1 N–H and O–H groups in total. The van der Waals surface area contributed by atoms with Gasteiger partial charge in [0.05, 0.1) is 51.1 Å². The Morgan fingerprint density at radius 1 is 0.730 bits per heavy atom. The highest BCUT2D eigenvalue weighted by Gasteiger charge is 2.23. The zero-order chi connectivity index (χ0) is 27.2. The Labute approximate surface area is 214 Å². The maximum atomic E-state index is 13.0. The Bertz CT molecular complexity index is 1410. The van der Waals surface area contributed by atoms with Crippen LogP contribution in [0.3, 0.4) is 0 Å². The summed E-state index contributed by atoms with van der Waals surface area (Å²) >= 11 is 0. The number of benzene rings is 3. The molecule has 0 heterocycles. The smallest absolute Gasteiger partial charge is 0.312 e. The fourth-order valence-corrected chi connectivity index (χ4v) is 4.56. The molecule has 0 amide bonds. The van der Waals surface area contributed by atoms with Crippen LogP contribution >= 0.6 is 0 Å². The third kappa shape index (κ3) is 6.04. The molecule has 0 saturated carbocycles. The van der Waals surface area contributed by atoms with Gasteiger partial charge < -0.3 is 23.7 Å². The molecule has 0 aliphatic heterocycles. The quantitative estimate of drug-likeness (QED) is 0.214. The number of nitrogens with one attached hydrogen (secondary N) is 1. The predicted octanol–water partition coefficient (Wildman–Crippen LogP) is 4.61. The van der Waals surface area contributed by atoms with E-state index in [0.29, 0.717) is 22.8 Å². The summed E-state index contributed by atoms with van der Waals surface area (Å²) in [5.74, 6) is 1.63. The molecule has 0 atom stereocenters. The van der Waals surface area contributed by atoms with Crippen molar-refractivity contribution in [3.63, 3.8) is 0 Å². The molecule has 0 aliphatic carbocycles. The first kappa shape index (κ1) is 27.1. The van der Waals surface area contributed by atoms with Crippen molar-refractivity contribution in [3.8, 4) is 28.7 Å². The molecule has 3 rings (SSSR count). The number of ether oxygens (including phenoxy) is 5. The molecule has 0 unspecified atom stereocenters. The number of nitro groups is 1. The number of anilines is 1. The van der Waals surface area contributed by atoms with Crippen LogP contribution in [0.5, 0.6) is 28.7 Å². The van der Waals surface area contributed by atoms with Crippen LogP contribution in [-0.2, 0) is 10.0 Å². The number of hydrogen-bond donors (Lipinski definition) is 1. The topological polar surface area (TPSA) is 135 Å². The van der Waals surface area contributed by atoms with E-state index in [0.717, 1.165) is 11.6 Å². The second-order valence-corrected chi connectivity index (χ2v) is 9.13. The van der Waals surface area contributed by atoms with E-state index in [1.807, 2.05) is 0 Å². The van der Waals surface area contributed by atoms with Gasteiger partial charge in [-0.05, 0) is 47.5 Å². The first-order chi connectivity index (χ1) is 17.7. The molecular formula is C25H26N2O9S. The summed E-state index contributed by atoms with van der Waals surface area (Å²) in [7, 11) is 3.01. The normalized spacial score (nSPS) is 11.2. The number of hydrogen-bond acceptors (Lipinski definition) is 9. The lowest BCUT2D eigenvalue weighted by Gasteiger charge is -2.14. The van der Waals surface area contributed by atoms with Gasteiger partial charge in [0, 0.05) is 6.07 Å². The zero-order valence-electron chi connectivity index (χ0n) is 20.8. The first-order valence-corrected chi connectivity index (χ1v) is 12.2. The maximum absolute atomic E-state index is 13.0. The highest BCUT2D eigenvalue weighted by molar-refractivity contribution is 7.92. The van der Waals surface area contributed by atoms with Gasteiger partial charge in [-0.3, -0.25) is 14.8 Å². The lowest BCUT2D eigenvalue weighted by molar-refractivity contribution is -0.386. The maximum Gasteiger partial charge on any atom is 0.312 e. The Hall–Kier alpha value is -4.45. The molecule has 11 nitrogen and oxygen atoms in total. The van der Waals surface area contributed by atoms with Gasteiger partial charge in [-0.15, -0.1) is 0 Å². The Kier molecular flexibility index (Phi) is 8.45. The van der Waals surface area contributed by atoms with Gasteiger partial charge in [0.2, 0.25) is 5.75 Å². The Morgan fingerprint density at radius 2 is 1.30 bits per heavy atom. The van der Waals surface area contributed by atoms with Crippen LogP contribution in [0.25, 0.3) is 12.2 Å². The van der Waals surface area contributed by atoms with Crippen LogP contribution in [0.2, 0.25) is 0 Å². The van der Waals surface area contributed by atoms with Crippen molar-refractivity contribution in [2.75, 3.05) is 40.3 Å². The minimum absolute atomic E-state index is 0.0551. The summed E-state index contributed by atoms with van der Waals surface area (Å²) in [4.78, 5) is 10.3. The fraction of sp³-hybridized carbons (Fsp3) is 0.200. The number of sulfonamides is 1. The molecule has 0 spiro atoms. The average molecular weight is 531 g/mol. The third-order valence-electron chi connectivity index (χ3n) is 5.28. The largest absolute Gasteiger partial charge is 0.495 e. The summed E-state index contributed by atoms with van der Waals surface area (Å²) in [6, 6.07) is 11.8. The average Bonchev–Trinajstić information content (AvgIpc) is 2.90. The van der Waals surface area contributed by atoms with Crippen LogP contribution in [0.15, 0.2) is 53.4 Å². The van der Waals surface area contributed by atoms with Gasteiger partial charge in [-0.1, -0.05) is 18.2 Å². The van der Waals surface area contributed by atoms with E-state index in [9.17, 15) is 18.5 Å². The summed E-state index contributed by atoms with van der Waals surface area (Å²) in [5, 5.41) is 11.3. The lowest BCUT2D eigenvalue weighted by atomic mass is 10.1. The fourth-order valence-electron chi connectivity index (χ4n) is 3.48. The number of methoxy groups -OCH3 is 5. The van der Waals surface area contributed by atoms with Crippen molar-refractivity contribution < 1.29 is 37.0 Å². The van der Waals surface area contributed by atoms with Crippen molar-refractivity contribution in [2.45, 2.75) is 4.90 Å². The molecular weight excluding hydrogens is 504 g/mol. The van der Waals surface area contributed by atoms with Crippen LogP contribution in [0.4, 0.5) is 11.4 Å². The standard InChI is InChI=1S/C25H26N2O9S/c1-32-21-10-8-16(6-7-17-13-23(34-3)25(36-5)24(14-17)35-4)12-19(21)26-37(30,31)18-9-11-22(33-2)20(15-18)27(28)29/h6-15,26H,1-5H3/b7-6-. The van der Waals surface area contributed by atoms with E-state index in [2.05, 4.69) is 4.72 Å². The van der Waals surface area contributed by atoms with E-state index < -0.39 is 20.6 Å². The van der Waals surface area contributed by atoms with E-state index in [-0.39, 0.29) is 22.1 Å². The van der Waals surface area contributed by atoms with E-state index >= 15 is 0 Å². The summed E-state index contributed by atoms with van der Waals surface area (Å²) < 4.78 is 54.9. The molecule has 0 saturated heterocycles. The Balaban J connectivity index is 1.96. The summed E-state index contributed by atoms with van der Waals surface area (Å²) in [6.45, 7) is 0. The molecule has 0 bridgehead atoms. The minimum Gasteiger partial charge on any atom is -0.495 e. The van der Waals surface area contributed by atoms with Crippen molar-refractivity contribution >= 4 is 33.6 Å².